The van der Waals surface area contributed by atoms with Gasteiger partial charge in [-0.2, -0.15) is 0 Å². The van der Waals surface area contributed by atoms with Gasteiger partial charge in [0.2, 0.25) is 5.91 Å². The maximum absolute atomic E-state index is 12.4. The lowest BCUT2D eigenvalue weighted by Gasteiger charge is -2.11. The van der Waals surface area contributed by atoms with Crippen LogP contribution >= 0.6 is 11.8 Å². The normalized spacial score (nSPS) is 10.3. The number of rotatable bonds is 6. The van der Waals surface area contributed by atoms with Crippen LogP contribution < -0.4 is 11.1 Å². The van der Waals surface area contributed by atoms with Crippen LogP contribution in [0.5, 0.6) is 0 Å². The van der Waals surface area contributed by atoms with E-state index in [-0.39, 0.29) is 11.7 Å². The highest BCUT2D eigenvalue weighted by Gasteiger charge is 2.12. The number of primary amides is 1. The summed E-state index contributed by atoms with van der Waals surface area (Å²) < 4.78 is 0. The van der Waals surface area contributed by atoms with Crippen LogP contribution in [0.4, 0.5) is 0 Å². The van der Waals surface area contributed by atoms with Gasteiger partial charge in [0.15, 0.2) is 0 Å². The van der Waals surface area contributed by atoms with Gasteiger partial charge in [0.1, 0.15) is 0 Å². The molecule has 0 aromatic heterocycles. The average Bonchev–Trinajstić information content (AvgIpc) is 2.52. The lowest BCUT2D eigenvalue weighted by atomic mass is 10.1. The van der Waals surface area contributed by atoms with Crippen molar-refractivity contribution in [2.75, 3.05) is 5.75 Å². The smallest absolute Gasteiger partial charge is 0.252 e. The van der Waals surface area contributed by atoms with E-state index in [1.807, 2.05) is 38.1 Å². The third-order valence-corrected chi connectivity index (χ3v) is 4.53. The van der Waals surface area contributed by atoms with Gasteiger partial charge in [-0.15, -0.1) is 11.8 Å². The highest BCUT2D eigenvalue weighted by molar-refractivity contribution is 8.00. The Labute approximate surface area is 140 Å². The molecule has 120 valence electrons. The molecule has 5 heteroatoms. The molecule has 0 saturated carbocycles. The minimum absolute atomic E-state index is 0.154. The number of amides is 2. The van der Waals surface area contributed by atoms with Gasteiger partial charge >= 0.3 is 0 Å². The molecule has 3 N–H and O–H groups in total. The zero-order valence-electron chi connectivity index (χ0n) is 13.3. The van der Waals surface area contributed by atoms with E-state index in [2.05, 4.69) is 11.4 Å². The first-order valence-electron chi connectivity index (χ1n) is 7.32. The summed E-state index contributed by atoms with van der Waals surface area (Å²) in [6.07, 6.45) is 0. The summed E-state index contributed by atoms with van der Waals surface area (Å²) in [5.41, 5.74) is 9.17. The van der Waals surface area contributed by atoms with E-state index >= 15 is 0 Å². The number of nitrogens with one attached hydrogen (secondary N) is 1. The lowest BCUT2D eigenvalue weighted by Crippen LogP contribution is -2.24. The minimum Gasteiger partial charge on any atom is -0.369 e. The fourth-order valence-corrected chi connectivity index (χ4v) is 3.03. The topological polar surface area (TPSA) is 72.2 Å². The first-order chi connectivity index (χ1) is 11.0. The maximum atomic E-state index is 12.4. The number of benzene rings is 2. The molecule has 0 heterocycles. The number of hydrogen-bond acceptors (Lipinski definition) is 3. The molecule has 2 rings (SSSR count). The summed E-state index contributed by atoms with van der Waals surface area (Å²) in [5.74, 6) is -0.403. The summed E-state index contributed by atoms with van der Waals surface area (Å²) in [7, 11) is 0. The highest BCUT2D eigenvalue weighted by atomic mass is 32.2. The van der Waals surface area contributed by atoms with Crippen molar-refractivity contribution in [2.24, 2.45) is 5.73 Å². The molecule has 0 radical (unpaired) electrons. The van der Waals surface area contributed by atoms with Crippen molar-refractivity contribution in [1.82, 2.24) is 5.32 Å². The third-order valence-electron chi connectivity index (χ3n) is 3.44. The Morgan fingerprint density at radius 3 is 2.57 bits per heavy atom. The SMILES string of the molecule is Cc1ccc(CNC(=O)c2ccccc2SCC(N)=O)c(C)c1. The van der Waals surface area contributed by atoms with Gasteiger partial charge in [0.05, 0.1) is 11.3 Å². The molecule has 0 saturated heterocycles. The fraction of sp³-hybridized carbons (Fsp3) is 0.222. The molecule has 0 bridgehead atoms. The highest BCUT2D eigenvalue weighted by Crippen LogP contribution is 2.22. The van der Waals surface area contributed by atoms with Gasteiger partial charge in [-0.05, 0) is 37.1 Å². The van der Waals surface area contributed by atoms with Crippen molar-refractivity contribution < 1.29 is 9.59 Å². The van der Waals surface area contributed by atoms with Gasteiger partial charge in [-0.1, -0.05) is 35.9 Å². The van der Waals surface area contributed by atoms with E-state index < -0.39 is 5.91 Å². The Hall–Kier alpha value is -2.27. The van der Waals surface area contributed by atoms with Crippen LogP contribution in [0, 0.1) is 13.8 Å². The second-order valence-corrected chi connectivity index (χ2v) is 6.38. The van der Waals surface area contributed by atoms with Gasteiger partial charge in [-0.25, -0.2) is 0 Å². The van der Waals surface area contributed by atoms with Crippen molar-refractivity contribution in [2.45, 2.75) is 25.3 Å². The van der Waals surface area contributed by atoms with Crippen molar-refractivity contribution in [3.63, 3.8) is 0 Å². The second-order valence-electron chi connectivity index (χ2n) is 5.36. The van der Waals surface area contributed by atoms with Gasteiger partial charge in [0.25, 0.3) is 5.91 Å². The van der Waals surface area contributed by atoms with Crippen LogP contribution in [0.1, 0.15) is 27.0 Å². The van der Waals surface area contributed by atoms with Crippen molar-refractivity contribution in [3.8, 4) is 0 Å². The second kappa shape index (κ2) is 7.83. The average molecular weight is 328 g/mol. The van der Waals surface area contributed by atoms with E-state index in [0.29, 0.717) is 12.1 Å². The van der Waals surface area contributed by atoms with Gasteiger partial charge < -0.3 is 11.1 Å². The fourth-order valence-electron chi connectivity index (χ4n) is 2.24. The summed E-state index contributed by atoms with van der Waals surface area (Å²) in [5, 5.41) is 2.94. The predicted molar refractivity (Wildman–Crippen MR) is 93.4 cm³/mol. The van der Waals surface area contributed by atoms with E-state index in [1.165, 1.54) is 17.3 Å². The molecule has 0 atom stereocenters. The Morgan fingerprint density at radius 2 is 1.87 bits per heavy atom. The number of carbonyl (C=O) groups excluding carboxylic acids is 2. The molecule has 0 fully saturated rings. The first-order valence-corrected chi connectivity index (χ1v) is 8.30. The molecule has 0 spiro atoms. The number of carbonyl (C=O) groups is 2. The zero-order valence-corrected chi connectivity index (χ0v) is 14.1. The molecule has 0 aliphatic heterocycles. The predicted octanol–water partition coefficient (Wildman–Crippen LogP) is 2.81. The molecule has 0 unspecified atom stereocenters. The first kappa shape index (κ1) is 17.1. The summed E-state index contributed by atoms with van der Waals surface area (Å²) in [6, 6.07) is 13.4. The number of aryl methyl sites for hydroxylation is 2. The lowest BCUT2D eigenvalue weighted by molar-refractivity contribution is -0.115. The molecular weight excluding hydrogens is 308 g/mol. The van der Waals surface area contributed by atoms with Crippen LogP contribution in [0.15, 0.2) is 47.4 Å². The van der Waals surface area contributed by atoms with Crippen LogP contribution in [0.25, 0.3) is 0 Å². The summed E-state index contributed by atoms with van der Waals surface area (Å²) in [4.78, 5) is 24.1. The van der Waals surface area contributed by atoms with E-state index in [1.54, 1.807) is 12.1 Å². The van der Waals surface area contributed by atoms with Crippen molar-refractivity contribution >= 4 is 23.6 Å². The molecule has 2 amide bonds. The van der Waals surface area contributed by atoms with E-state index in [0.717, 1.165) is 16.0 Å². The Kier molecular flexibility index (Phi) is 5.82. The Bertz CT molecular complexity index is 729. The maximum Gasteiger partial charge on any atom is 0.252 e. The van der Waals surface area contributed by atoms with Crippen LogP contribution in [0.2, 0.25) is 0 Å². The van der Waals surface area contributed by atoms with Gasteiger partial charge in [0, 0.05) is 11.4 Å². The molecule has 0 aliphatic carbocycles. The third kappa shape index (κ3) is 4.86. The standard InChI is InChI=1S/C18H20N2O2S/c1-12-7-8-14(13(2)9-12)10-20-18(22)15-5-3-4-6-16(15)23-11-17(19)21/h3-9H,10-11H2,1-2H3,(H2,19,21)(H,20,22). The van der Waals surface area contributed by atoms with Crippen molar-refractivity contribution in [1.29, 1.82) is 0 Å². The molecule has 0 aliphatic rings. The molecule has 2 aromatic carbocycles. The van der Waals surface area contributed by atoms with Crippen molar-refractivity contribution in [3.05, 3.63) is 64.7 Å². The zero-order chi connectivity index (χ0) is 16.8. The van der Waals surface area contributed by atoms with Crippen LogP contribution in [0.3, 0.4) is 0 Å². The quantitative estimate of drug-likeness (QED) is 0.801. The largest absolute Gasteiger partial charge is 0.369 e. The Balaban J connectivity index is 2.07. The summed E-state index contributed by atoms with van der Waals surface area (Å²) >= 11 is 1.27. The molecule has 2 aromatic rings. The summed E-state index contributed by atoms with van der Waals surface area (Å²) in [6.45, 7) is 4.55. The van der Waals surface area contributed by atoms with Crippen LogP contribution in [-0.4, -0.2) is 17.6 Å². The number of thioether (sulfide) groups is 1. The van der Waals surface area contributed by atoms with Crippen LogP contribution in [-0.2, 0) is 11.3 Å². The Morgan fingerprint density at radius 1 is 1.13 bits per heavy atom. The number of hydrogen-bond donors (Lipinski definition) is 2. The molecular formula is C18H20N2O2S. The van der Waals surface area contributed by atoms with E-state index in [9.17, 15) is 9.59 Å². The monoisotopic (exact) mass is 328 g/mol. The molecule has 4 nitrogen and oxygen atoms in total. The van der Waals surface area contributed by atoms with Gasteiger partial charge in [-0.3, -0.25) is 9.59 Å². The minimum atomic E-state index is -0.402. The molecule has 23 heavy (non-hydrogen) atoms. The van der Waals surface area contributed by atoms with E-state index in [4.69, 9.17) is 5.73 Å². The number of nitrogens with two attached hydrogens (primary N) is 1.